The number of hydrogen-bond donors (Lipinski definition) is 1. The number of nitrogens with one attached hydrogen (secondary N) is 1. The standard InChI is InChI=1S/C5H5N.ClH.H2O4S/c1-2-4-6-5-3-1;;1-5(2,3)4/h1-5H;1H;(H2,1,2,3,4)/p-1. The van der Waals surface area contributed by atoms with E-state index < -0.39 is 10.4 Å². The van der Waals surface area contributed by atoms with Gasteiger partial charge in [0.05, 0.1) is 0 Å². The van der Waals surface area contributed by atoms with Gasteiger partial charge in [-0.1, -0.05) is 6.07 Å². The van der Waals surface area contributed by atoms with E-state index >= 15 is 0 Å². The molecule has 1 aromatic rings. The van der Waals surface area contributed by atoms with Gasteiger partial charge in [0, 0.05) is 12.1 Å². The number of rotatable bonds is 0. The molecular formula is C5H7ClNO4S-. The summed E-state index contributed by atoms with van der Waals surface area (Å²) in [7, 11) is -4.92. The van der Waals surface area contributed by atoms with E-state index in [9.17, 15) is 0 Å². The van der Waals surface area contributed by atoms with Gasteiger partial charge in [0.2, 0.25) is 10.4 Å². The van der Waals surface area contributed by atoms with Crippen molar-refractivity contribution in [2.45, 2.75) is 0 Å². The average Bonchev–Trinajstić information content (AvgIpc) is 1.88. The number of H-pyrrole nitrogens is 1. The largest absolute Gasteiger partial charge is 1.00 e. The summed E-state index contributed by atoms with van der Waals surface area (Å²) in [6.07, 6.45) is 3.75. The van der Waals surface area contributed by atoms with Crippen molar-refractivity contribution in [3.05, 3.63) is 30.6 Å². The Kier molecular flexibility index (Phi) is 8.07. The second kappa shape index (κ2) is 6.99. The Balaban J connectivity index is 0. The van der Waals surface area contributed by atoms with Crippen molar-refractivity contribution in [1.82, 2.24) is 0 Å². The fourth-order valence-corrected chi connectivity index (χ4v) is 0.342. The number of halogens is 1. The maximum atomic E-state index is 8.63. The Morgan fingerprint density at radius 2 is 1.50 bits per heavy atom. The Labute approximate surface area is 76.4 Å². The number of hydrogen-bond acceptors (Lipinski definition) is 3. The van der Waals surface area contributed by atoms with Gasteiger partial charge in [-0.2, -0.15) is 0 Å². The first-order valence-corrected chi connectivity index (χ1v) is 3.96. The number of aromatic nitrogens is 1. The zero-order valence-electron chi connectivity index (χ0n) is 5.84. The summed E-state index contributed by atoms with van der Waals surface area (Å²) >= 11 is 0. The molecule has 1 rings (SSSR count). The van der Waals surface area contributed by atoms with Crippen LogP contribution < -0.4 is 17.4 Å². The van der Waals surface area contributed by atoms with E-state index in [1.165, 1.54) is 0 Å². The molecule has 1 aromatic heterocycles. The Hall–Kier alpha value is -0.690. The van der Waals surface area contributed by atoms with Gasteiger partial charge in [-0.25, -0.2) is 13.4 Å². The van der Waals surface area contributed by atoms with E-state index in [1.54, 1.807) is 0 Å². The van der Waals surface area contributed by atoms with Crippen LogP contribution in [0.5, 0.6) is 0 Å². The van der Waals surface area contributed by atoms with Gasteiger partial charge in [-0.15, -0.1) is 0 Å². The zero-order chi connectivity index (χ0) is 8.74. The van der Waals surface area contributed by atoms with Crippen molar-refractivity contribution in [1.29, 1.82) is 0 Å². The summed E-state index contributed by atoms with van der Waals surface area (Å²) in [6.45, 7) is 0. The molecule has 0 aliphatic rings. The molecular weight excluding hydrogens is 206 g/mol. The molecule has 12 heavy (non-hydrogen) atoms. The van der Waals surface area contributed by atoms with Crippen molar-refractivity contribution in [2.24, 2.45) is 0 Å². The van der Waals surface area contributed by atoms with E-state index in [0.29, 0.717) is 0 Å². The highest BCUT2D eigenvalue weighted by Crippen LogP contribution is 1.68. The third-order valence-corrected chi connectivity index (χ3v) is 0.607. The Bertz CT molecular complexity index is 240. The predicted molar refractivity (Wildman–Crippen MR) is 35.3 cm³/mol. The van der Waals surface area contributed by atoms with Crippen LogP contribution in [-0.4, -0.2) is 17.5 Å². The molecule has 0 aromatic carbocycles. The van der Waals surface area contributed by atoms with Crippen LogP contribution in [0.1, 0.15) is 0 Å². The molecule has 0 radical (unpaired) electrons. The zero-order valence-corrected chi connectivity index (χ0v) is 7.42. The summed E-state index contributed by atoms with van der Waals surface area (Å²) in [6, 6.07) is 5.86. The minimum Gasteiger partial charge on any atom is -1.00 e. The van der Waals surface area contributed by atoms with Crippen LogP contribution in [-0.2, 0) is 10.4 Å². The maximum absolute atomic E-state index is 8.63. The first-order chi connectivity index (χ1) is 5.00. The lowest BCUT2D eigenvalue weighted by Gasteiger charge is -1.88. The summed E-state index contributed by atoms with van der Waals surface area (Å²) < 4.78 is 32.8. The molecule has 2 N–H and O–H groups in total. The van der Waals surface area contributed by atoms with Gasteiger partial charge in [-0.3, -0.25) is 4.55 Å². The third-order valence-electron chi connectivity index (χ3n) is 0.607. The van der Waals surface area contributed by atoms with Gasteiger partial charge in [0.25, 0.3) is 0 Å². The van der Waals surface area contributed by atoms with Gasteiger partial charge >= 0.3 is 0 Å². The molecule has 0 fully saturated rings. The van der Waals surface area contributed by atoms with Gasteiger partial charge in [-0.05, 0) is 0 Å². The fraction of sp³-hybridized carbons (Fsp3) is 0. The van der Waals surface area contributed by atoms with Crippen LogP contribution >= 0.6 is 0 Å². The van der Waals surface area contributed by atoms with Crippen LogP contribution in [0, 0.1) is 0 Å². The van der Waals surface area contributed by atoms with E-state index in [2.05, 4.69) is 4.98 Å². The average molecular weight is 213 g/mol. The van der Waals surface area contributed by atoms with Crippen molar-refractivity contribution in [3.63, 3.8) is 0 Å². The first kappa shape index (κ1) is 13.9. The molecule has 5 nitrogen and oxygen atoms in total. The van der Waals surface area contributed by atoms with Gasteiger partial charge in [0.1, 0.15) is 0 Å². The van der Waals surface area contributed by atoms with E-state index in [4.69, 9.17) is 17.5 Å². The second-order valence-electron chi connectivity index (χ2n) is 1.51. The number of pyridine rings is 1. The molecule has 0 amide bonds. The van der Waals surface area contributed by atoms with E-state index in [-0.39, 0.29) is 12.4 Å². The first-order valence-electron chi connectivity index (χ1n) is 2.59. The Morgan fingerprint density at radius 1 is 1.17 bits per heavy atom. The molecule has 0 saturated carbocycles. The molecule has 0 unspecified atom stereocenters. The van der Waals surface area contributed by atoms with Crippen LogP contribution in [0.2, 0.25) is 0 Å². The third kappa shape index (κ3) is 22.8. The molecule has 7 heteroatoms. The summed E-state index contributed by atoms with van der Waals surface area (Å²) in [4.78, 5) is 2.89. The lowest BCUT2D eigenvalue weighted by molar-refractivity contribution is -0.377. The molecule has 0 aliphatic carbocycles. The SMILES string of the molecule is O=S(=O)([O-])O.[Cl-].c1cc[nH+]cc1. The molecule has 0 bridgehead atoms. The normalized spacial score (nSPS) is 8.83. The van der Waals surface area contributed by atoms with Crippen molar-refractivity contribution in [3.8, 4) is 0 Å². The molecule has 70 valence electrons. The summed E-state index contributed by atoms with van der Waals surface area (Å²) in [5.74, 6) is 0. The van der Waals surface area contributed by atoms with Crippen molar-refractivity contribution < 1.29 is 34.9 Å². The summed E-state index contributed by atoms with van der Waals surface area (Å²) in [5, 5.41) is 0. The molecule has 1 heterocycles. The lowest BCUT2D eigenvalue weighted by atomic mass is 10.5. The molecule has 0 aliphatic heterocycles. The summed E-state index contributed by atoms with van der Waals surface area (Å²) in [5.41, 5.74) is 0. The van der Waals surface area contributed by atoms with Crippen LogP contribution in [0.3, 0.4) is 0 Å². The van der Waals surface area contributed by atoms with Crippen LogP contribution in [0.15, 0.2) is 30.6 Å². The fourth-order valence-electron chi connectivity index (χ4n) is 0.342. The quantitative estimate of drug-likeness (QED) is 0.357. The lowest BCUT2D eigenvalue weighted by Crippen LogP contribution is -3.00. The monoisotopic (exact) mass is 212 g/mol. The highest BCUT2D eigenvalue weighted by atomic mass is 35.5. The van der Waals surface area contributed by atoms with Gasteiger partial charge < -0.3 is 17.0 Å². The minimum absolute atomic E-state index is 0. The smallest absolute Gasteiger partial charge is 0.215 e. The molecule has 0 spiro atoms. The highest BCUT2D eigenvalue weighted by molar-refractivity contribution is 7.79. The molecule has 0 saturated heterocycles. The van der Waals surface area contributed by atoms with Crippen LogP contribution in [0.4, 0.5) is 0 Å². The molecule has 0 atom stereocenters. The van der Waals surface area contributed by atoms with E-state index in [1.807, 2.05) is 30.6 Å². The maximum Gasteiger partial charge on any atom is 0.215 e. The topological polar surface area (TPSA) is 91.6 Å². The highest BCUT2D eigenvalue weighted by Gasteiger charge is 1.67. The Morgan fingerprint density at radius 3 is 1.58 bits per heavy atom. The van der Waals surface area contributed by atoms with Gasteiger partial charge in [0.15, 0.2) is 12.4 Å². The van der Waals surface area contributed by atoms with E-state index in [0.717, 1.165) is 0 Å². The van der Waals surface area contributed by atoms with Crippen molar-refractivity contribution in [2.75, 3.05) is 0 Å². The predicted octanol–water partition coefficient (Wildman–Crippen LogP) is -3.49. The van der Waals surface area contributed by atoms with Crippen LogP contribution in [0.25, 0.3) is 0 Å². The van der Waals surface area contributed by atoms with Crippen molar-refractivity contribution >= 4 is 10.4 Å². The number of aromatic amines is 1. The minimum atomic E-state index is -4.92. The second-order valence-corrected chi connectivity index (χ2v) is 2.36.